The van der Waals surface area contributed by atoms with Crippen molar-refractivity contribution in [3.05, 3.63) is 0 Å². The molecule has 18 fully saturated rings. The van der Waals surface area contributed by atoms with E-state index in [0.29, 0.717) is 48.9 Å². The highest BCUT2D eigenvalue weighted by molar-refractivity contribution is 5.85. The monoisotopic (exact) mass is 1710 g/mol. The van der Waals surface area contributed by atoms with Crippen molar-refractivity contribution in [1.82, 2.24) is 0 Å². The van der Waals surface area contributed by atoms with Crippen molar-refractivity contribution in [2.24, 2.45) is 115 Å². The van der Waals surface area contributed by atoms with Gasteiger partial charge in [-0.15, -0.1) is 0 Å². The lowest BCUT2D eigenvalue weighted by molar-refractivity contribution is -0.174. The molecule has 0 aromatic carbocycles. The normalized spacial score (nSPS) is 38.5. The Morgan fingerprint density at radius 1 is 0.358 bits per heavy atom. The Morgan fingerprint density at radius 3 is 1.12 bits per heavy atom. The van der Waals surface area contributed by atoms with Crippen LogP contribution >= 0.6 is 0 Å². The molecule has 32 atom stereocenters. The van der Waals surface area contributed by atoms with E-state index in [0.717, 1.165) is 83.5 Å². The molecule has 26 heteroatoms. The molecule has 0 aromatic heterocycles. The second kappa shape index (κ2) is 40.7. The minimum atomic E-state index is -0.604. The van der Waals surface area contributed by atoms with E-state index in [1.807, 2.05) is 118 Å². The van der Waals surface area contributed by atoms with Gasteiger partial charge in [0, 0.05) is 46.8 Å². The first-order chi connectivity index (χ1) is 50.7. The molecule has 18 aliphatic rings. The van der Waals surface area contributed by atoms with Gasteiger partial charge in [-0.2, -0.15) is 0 Å². The third kappa shape index (κ3) is 19.0. The highest BCUT2D eigenvalue weighted by Crippen LogP contribution is 2.65. The first-order valence-electron chi connectivity index (χ1n) is 40.5. The fraction of sp³-hybridized carbons (Fsp3) is 0.872. The Bertz CT molecular complexity index is 3590. The first-order valence-corrected chi connectivity index (χ1v) is 40.5. The van der Waals surface area contributed by atoms with Gasteiger partial charge in [0.05, 0.1) is 63.5 Å². The molecule has 26 nitrogen and oxygen atoms in total. The van der Waals surface area contributed by atoms with Gasteiger partial charge in [-0.1, -0.05) is 151 Å². The Morgan fingerprint density at radius 2 is 0.708 bits per heavy atom. The van der Waals surface area contributed by atoms with Crippen LogP contribution < -0.4 is 0 Å². The van der Waals surface area contributed by atoms with Crippen molar-refractivity contribution in [3.8, 4) is 0 Å². The topological polar surface area (TPSA) is 334 Å². The molecular weight excluding hydrogens is 1550 g/mol. The van der Waals surface area contributed by atoms with Crippen LogP contribution in [-0.2, 0) is 124 Å². The predicted octanol–water partition coefficient (Wildman–Crippen LogP) is 17.4. The number of carbonyl (C=O) groups is 12. The van der Waals surface area contributed by atoms with Crippen LogP contribution in [0.5, 0.6) is 0 Å². The molecule has 0 N–H and O–H groups in total. The molecule has 10 aliphatic heterocycles. The molecule has 120 heavy (non-hydrogen) atoms. The smallest absolute Gasteiger partial charge is 0.316 e. The largest absolute Gasteiger partial charge is 0.462 e. The number of ether oxygens (including phenoxy) is 14. The molecule has 0 spiro atoms. The van der Waals surface area contributed by atoms with Crippen molar-refractivity contribution >= 4 is 71.6 Å². The van der Waals surface area contributed by atoms with Crippen LogP contribution in [0.15, 0.2) is 0 Å². The molecule has 32 unspecified atom stereocenters. The Kier molecular flexibility index (Phi) is 37.8. The maximum absolute atomic E-state index is 12.3. The minimum Gasteiger partial charge on any atom is -0.462 e. The number of hydrogen-bond acceptors (Lipinski definition) is 26. The molecule has 10 heterocycles. The summed E-state index contributed by atoms with van der Waals surface area (Å²) >= 11 is 0. The van der Waals surface area contributed by atoms with Crippen molar-refractivity contribution in [1.29, 1.82) is 0 Å². The summed E-state index contributed by atoms with van der Waals surface area (Å²) in [4.78, 5) is 143. The van der Waals surface area contributed by atoms with Gasteiger partial charge < -0.3 is 66.3 Å². The standard InChI is InChI=1S/2C15H22O4.C14H20O4.C13H18O5.C13H18O4.C12H16O5.12CH4/c1-5-14(2,3)13(17)19-11-10-8-6-15(11,4)7-9(8)12(16)18-10;1-5-14(2,3)12(16)19-11-8-6-9-10(7-8)18-13(17)15(9,11)4;1-4-14(2,3)13(16)18-11-7-5-8-9(6-7)17-12(15)10(8)11;1-4-13(2,3)12(15)18-9-7-5-6-8(16-7)10(9)17-11(6)14;1-3-6(2)12(14)17-11-7-4-8-9(5-7)16-13(15)10(8)11;1-3-5(2)11(13)16-9-7-4-6-8(15-7)10(9)17-12(6)14;;;;;;;;;;;;/h2*8-11H,5-7H2,1-4H3;7-11H,4-6H2,1-3H3;6-10H,4-5H2,1-3H3;6-11H,3-5H2,1-2H3;5-10H,3-4H2,1-2H3;12*1H4. The quantitative estimate of drug-likeness (QED) is 0.0908. The van der Waals surface area contributed by atoms with Crippen LogP contribution in [0.25, 0.3) is 0 Å². The number of hydrogen-bond donors (Lipinski definition) is 0. The average Bonchev–Trinajstić information content (AvgIpc) is 1.54. The summed E-state index contributed by atoms with van der Waals surface area (Å²) in [5.74, 6) is -0.892. The molecule has 10 saturated heterocycles. The predicted molar refractivity (Wildman–Crippen MR) is 456 cm³/mol. The SMILES string of the molecule is C.C.C.C.C.C.C.C.C.C.C.C.CCC(C)(C)C(=O)OC1C2CC3C(=O)OC1C3O2.CCC(C)(C)C(=O)OC1C2CC3OC(=O)C1(C)C3C2.CCC(C)(C)C(=O)OC1C2CC3OC(=O)C1C3C2.CCC(C)(C)C(=O)OC1C2OC(=O)C3CC1(C)CC32.CCC(C)C(=O)OC1C2CC3C(=O)OC1C3O2.CCC(C)C(=O)OC1C2CC3OC(=O)C1C3C2. The number of rotatable bonds is 18. The zero-order valence-corrected chi connectivity index (χ0v) is 66.2. The van der Waals surface area contributed by atoms with Crippen LogP contribution in [0.4, 0.5) is 0 Å². The van der Waals surface area contributed by atoms with Gasteiger partial charge in [0.15, 0.2) is 24.4 Å². The van der Waals surface area contributed by atoms with Crippen LogP contribution in [0.1, 0.15) is 316 Å². The van der Waals surface area contributed by atoms with E-state index in [4.69, 9.17) is 66.3 Å². The number of carbonyl (C=O) groups excluding carboxylic acids is 12. The lowest BCUT2D eigenvalue weighted by Gasteiger charge is -2.34. The lowest BCUT2D eigenvalue weighted by atomic mass is 9.73. The fourth-order valence-electron chi connectivity index (χ4n) is 20.4. The second-order valence-electron chi connectivity index (χ2n) is 37.6. The van der Waals surface area contributed by atoms with Crippen LogP contribution in [0, 0.1) is 115 Å². The van der Waals surface area contributed by atoms with E-state index in [1.54, 1.807) is 0 Å². The summed E-state index contributed by atoms with van der Waals surface area (Å²) < 4.78 is 77.0. The molecule has 12 bridgehead atoms. The van der Waals surface area contributed by atoms with Gasteiger partial charge in [0.1, 0.15) is 78.3 Å². The van der Waals surface area contributed by atoms with Crippen molar-refractivity contribution < 1.29 is 124 Å². The average molecular weight is 1710 g/mol. The van der Waals surface area contributed by atoms with Gasteiger partial charge in [-0.3, -0.25) is 57.5 Å². The van der Waals surface area contributed by atoms with Gasteiger partial charge in [0.2, 0.25) is 0 Å². The van der Waals surface area contributed by atoms with Gasteiger partial charge in [-0.25, -0.2) is 0 Å². The van der Waals surface area contributed by atoms with E-state index < -0.39 is 45.4 Å². The summed E-state index contributed by atoms with van der Waals surface area (Å²) in [5, 5.41) is 0. The number of fused-ring (bicyclic) bond motifs is 6. The molecule has 696 valence electrons. The molecular formula is C94H164O26. The van der Waals surface area contributed by atoms with E-state index in [1.165, 1.54) is 0 Å². The maximum atomic E-state index is 12.3. The van der Waals surface area contributed by atoms with Gasteiger partial charge in [-0.05, 0) is 165 Å². The first kappa shape index (κ1) is 112. The molecule has 8 saturated carbocycles. The van der Waals surface area contributed by atoms with E-state index in [-0.39, 0.29) is 299 Å². The van der Waals surface area contributed by atoms with Crippen LogP contribution in [0.2, 0.25) is 0 Å². The van der Waals surface area contributed by atoms with Crippen LogP contribution in [-0.4, -0.2) is 169 Å². The summed E-state index contributed by atoms with van der Waals surface area (Å²) in [5.41, 5.74) is -2.62. The number of esters is 12. The summed E-state index contributed by atoms with van der Waals surface area (Å²) in [6.45, 7) is 34.6. The van der Waals surface area contributed by atoms with Crippen molar-refractivity contribution in [2.45, 2.75) is 414 Å². The molecule has 0 radical (unpaired) electrons. The fourth-order valence-corrected chi connectivity index (χ4v) is 20.4. The zero-order chi connectivity index (χ0) is 78.5. The zero-order valence-electron chi connectivity index (χ0n) is 66.2. The van der Waals surface area contributed by atoms with E-state index >= 15 is 0 Å². The molecule has 0 aromatic rings. The van der Waals surface area contributed by atoms with E-state index in [9.17, 15) is 57.5 Å². The van der Waals surface area contributed by atoms with Gasteiger partial charge in [0.25, 0.3) is 0 Å². The maximum Gasteiger partial charge on any atom is 0.316 e. The third-order valence-electron chi connectivity index (χ3n) is 29.5. The molecule has 0 amide bonds. The molecule has 18 rings (SSSR count). The van der Waals surface area contributed by atoms with Crippen molar-refractivity contribution in [3.63, 3.8) is 0 Å². The molecule has 8 aliphatic carbocycles. The summed E-state index contributed by atoms with van der Waals surface area (Å²) in [6, 6.07) is 0. The Balaban J connectivity index is 0.000000706. The minimum absolute atomic E-state index is 0. The summed E-state index contributed by atoms with van der Waals surface area (Å²) in [7, 11) is 0. The van der Waals surface area contributed by atoms with Gasteiger partial charge >= 0.3 is 71.6 Å². The van der Waals surface area contributed by atoms with Crippen molar-refractivity contribution in [2.75, 3.05) is 0 Å². The highest BCUT2D eigenvalue weighted by atomic mass is 16.7. The second-order valence-corrected chi connectivity index (χ2v) is 37.6. The Hall–Kier alpha value is -6.44. The Labute approximate surface area is 721 Å². The third-order valence-corrected chi connectivity index (χ3v) is 29.5. The highest BCUT2D eigenvalue weighted by Gasteiger charge is 2.73. The van der Waals surface area contributed by atoms with E-state index in [2.05, 4.69) is 6.92 Å². The lowest BCUT2D eigenvalue weighted by Crippen LogP contribution is -2.45. The summed E-state index contributed by atoms with van der Waals surface area (Å²) in [6.07, 6.45) is 9.72. The van der Waals surface area contributed by atoms with Crippen LogP contribution in [0.3, 0.4) is 0 Å².